The highest BCUT2D eigenvalue weighted by atomic mass is 19.3. The van der Waals surface area contributed by atoms with Crippen molar-refractivity contribution in [1.82, 2.24) is 0 Å². The molecule has 0 fully saturated rings. The van der Waals surface area contributed by atoms with Gasteiger partial charge in [0, 0.05) is 5.56 Å². The van der Waals surface area contributed by atoms with Crippen LogP contribution in [0.15, 0.2) is 48.5 Å². The fourth-order valence-electron chi connectivity index (χ4n) is 2.60. The van der Waals surface area contributed by atoms with E-state index in [2.05, 4.69) is 0 Å². The van der Waals surface area contributed by atoms with Gasteiger partial charge >= 0.3 is 5.92 Å². The lowest BCUT2D eigenvalue weighted by molar-refractivity contribution is -0.0467. The van der Waals surface area contributed by atoms with Gasteiger partial charge in [0.25, 0.3) is 0 Å². The normalized spacial score (nSPS) is 17.6. The van der Waals surface area contributed by atoms with Crippen molar-refractivity contribution in [3.8, 4) is 5.75 Å². The van der Waals surface area contributed by atoms with Crippen LogP contribution in [0.25, 0.3) is 0 Å². The third-order valence-electron chi connectivity index (χ3n) is 3.78. The standard InChI is InChI=1S/C17H16F2O2/c18-17(19,13-4-2-1-3-5-13)11-21-14-7-8-15-12(10-14)6-9-16(15)20/h1-5,7-8,10,16,20H,6,9,11H2. The van der Waals surface area contributed by atoms with Crippen LogP contribution < -0.4 is 4.74 Å². The van der Waals surface area contributed by atoms with Crippen molar-refractivity contribution < 1.29 is 18.6 Å². The van der Waals surface area contributed by atoms with Crippen molar-refractivity contribution in [1.29, 1.82) is 0 Å². The van der Waals surface area contributed by atoms with Gasteiger partial charge in [0.15, 0.2) is 6.61 Å². The van der Waals surface area contributed by atoms with Crippen LogP contribution in [0.2, 0.25) is 0 Å². The number of benzene rings is 2. The quantitative estimate of drug-likeness (QED) is 0.927. The molecular weight excluding hydrogens is 274 g/mol. The van der Waals surface area contributed by atoms with Gasteiger partial charge in [-0.3, -0.25) is 0 Å². The van der Waals surface area contributed by atoms with Gasteiger partial charge in [-0.25, -0.2) is 0 Å². The molecule has 0 aromatic heterocycles. The third-order valence-corrected chi connectivity index (χ3v) is 3.78. The van der Waals surface area contributed by atoms with Crippen LogP contribution in [0.4, 0.5) is 8.78 Å². The molecule has 1 atom stereocenters. The summed E-state index contributed by atoms with van der Waals surface area (Å²) in [4.78, 5) is 0. The van der Waals surface area contributed by atoms with Gasteiger partial charge in [0.05, 0.1) is 6.10 Å². The van der Waals surface area contributed by atoms with Gasteiger partial charge in [-0.05, 0) is 36.1 Å². The van der Waals surface area contributed by atoms with Gasteiger partial charge < -0.3 is 9.84 Å². The second-order valence-electron chi connectivity index (χ2n) is 5.27. The number of aryl methyl sites for hydroxylation is 1. The topological polar surface area (TPSA) is 29.5 Å². The minimum atomic E-state index is -3.03. The summed E-state index contributed by atoms with van der Waals surface area (Å²) < 4.78 is 33.3. The van der Waals surface area contributed by atoms with Crippen LogP contribution in [-0.2, 0) is 12.3 Å². The predicted molar refractivity (Wildman–Crippen MR) is 75.6 cm³/mol. The van der Waals surface area contributed by atoms with Crippen LogP contribution in [0.1, 0.15) is 29.2 Å². The maximum atomic E-state index is 14.0. The van der Waals surface area contributed by atoms with Gasteiger partial charge in [-0.2, -0.15) is 8.78 Å². The summed E-state index contributed by atoms with van der Waals surface area (Å²) in [6.45, 7) is -0.696. The molecule has 0 heterocycles. The molecule has 4 heteroatoms. The fraction of sp³-hybridized carbons (Fsp3) is 0.294. The average molecular weight is 290 g/mol. The Hall–Kier alpha value is -1.94. The molecule has 3 rings (SSSR count). The van der Waals surface area contributed by atoms with E-state index in [9.17, 15) is 13.9 Å². The number of hydrogen-bond donors (Lipinski definition) is 1. The van der Waals surface area contributed by atoms with Crippen molar-refractivity contribution in [3.63, 3.8) is 0 Å². The zero-order valence-electron chi connectivity index (χ0n) is 11.4. The van der Waals surface area contributed by atoms with Crippen molar-refractivity contribution in [2.75, 3.05) is 6.61 Å². The van der Waals surface area contributed by atoms with Gasteiger partial charge in [0.1, 0.15) is 5.75 Å². The molecule has 0 saturated heterocycles. The molecule has 2 nitrogen and oxygen atoms in total. The Kier molecular flexibility index (Phi) is 3.64. The number of fused-ring (bicyclic) bond motifs is 1. The molecular formula is C17H16F2O2. The molecule has 0 radical (unpaired) electrons. The van der Waals surface area contributed by atoms with Crippen LogP contribution in [0, 0.1) is 0 Å². The first-order valence-corrected chi connectivity index (χ1v) is 6.93. The minimum absolute atomic E-state index is 0.0541. The van der Waals surface area contributed by atoms with Crippen molar-refractivity contribution in [2.45, 2.75) is 24.9 Å². The highest BCUT2D eigenvalue weighted by Crippen LogP contribution is 2.34. The lowest BCUT2D eigenvalue weighted by atomic mass is 10.1. The summed E-state index contributed by atoms with van der Waals surface area (Å²) in [6, 6.07) is 12.8. The van der Waals surface area contributed by atoms with Crippen LogP contribution in [-0.4, -0.2) is 11.7 Å². The number of aliphatic hydroxyl groups is 1. The molecule has 0 aliphatic heterocycles. The Labute approximate surface area is 122 Å². The Bertz CT molecular complexity index is 626. The maximum absolute atomic E-state index is 14.0. The second kappa shape index (κ2) is 5.45. The number of rotatable bonds is 4. The molecule has 1 aliphatic rings. The SMILES string of the molecule is OC1CCc2cc(OCC(F)(F)c3ccccc3)ccc21. The highest BCUT2D eigenvalue weighted by molar-refractivity contribution is 5.40. The number of halogens is 2. The molecule has 2 aromatic carbocycles. The van der Waals surface area contributed by atoms with Gasteiger partial charge in [-0.1, -0.05) is 36.4 Å². The first kappa shape index (κ1) is 14.0. The molecule has 0 spiro atoms. The smallest absolute Gasteiger partial charge is 0.306 e. The third kappa shape index (κ3) is 2.90. The van der Waals surface area contributed by atoms with E-state index in [0.717, 1.165) is 17.5 Å². The summed E-state index contributed by atoms with van der Waals surface area (Å²) in [5.74, 6) is -2.61. The minimum Gasteiger partial charge on any atom is -0.487 e. The monoisotopic (exact) mass is 290 g/mol. The Morgan fingerprint density at radius 3 is 2.67 bits per heavy atom. The number of ether oxygens (including phenoxy) is 1. The van der Waals surface area contributed by atoms with Crippen molar-refractivity contribution in [3.05, 3.63) is 65.2 Å². The number of hydrogen-bond acceptors (Lipinski definition) is 2. The number of aliphatic hydroxyl groups excluding tert-OH is 1. The highest BCUT2D eigenvalue weighted by Gasteiger charge is 2.32. The summed E-state index contributed by atoms with van der Waals surface area (Å²) in [6.07, 6.45) is 0.988. The molecule has 1 aliphatic carbocycles. The summed E-state index contributed by atoms with van der Waals surface area (Å²) in [5.41, 5.74) is 1.79. The van der Waals surface area contributed by atoms with Crippen molar-refractivity contribution in [2.24, 2.45) is 0 Å². The van der Waals surface area contributed by atoms with Crippen molar-refractivity contribution >= 4 is 0 Å². The zero-order valence-corrected chi connectivity index (χ0v) is 11.4. The predicted octanol–water partition coefficient (Wildman–Crippen LogP) is 3.84. The number of alkyl halides is 2. The first-order chi connectivity index (χ1) is 10.1. The van der Waals surface area contributed by atoms with E-state index in [-0.39, 0.29) is 5.56 Å². The molecule has 2 aromatic rings. The first-order valence-electron chi connectivity index (χ1n) is 6.93. The van der Waals surface area contributed by atoms with Gasteiger partial charge in [-0.15, -0.1) is 0 Å². The molecule has 110 valence electrons. The maximum Gasteiger partial charge on any atom is 0.306 e. The summed E-state index contributed by atoms with van der Waals surface area (Å²) in [7, 11) is 0. The molecule has 0 amide bonds. The Morgan fingerprint density at radius 1 is 1.14 bits per heavy atom. The Morgan fingerprint density at radius 2 is 1.90 bits per heavy atom. The molecule has 0 saturated carbocycles. The average Bonchev–Trinajstić information content (AvgIpc) is 2.87. The lowest BCUT2D eigenvalue weighted by Crippen LogP contribution is -2.23. The van der Waals surface area contributed by atoms with Crippen LogP contribution in [0.5, 0.6) is 5.75 Å². The van der Waals surface area contributed by atoms with Gasteiger partial charge in [0.2, 0.25) is 0 Å². The van der Waals surface area contributed by atoms with Crippen LogP contribution in [0.3, 0.4) is 0 Å². The Balaban J connectivity index is 1.71. The second-order valence-corrected chi connectivity index (χ2v) is 5.27. The van der Waals surface area contributed by atoms with E-state index in [1.54, 1.807) is 36.4 Å². The summed E-state index contributed by atoms with van der Waals surface area (Å²) in [5, 5.41) is 9.72. The molecule has 1 N–H and O–H groups in total. The van der Waals surface area contributed by atoms with E-state index < -0.39 is 18.6 Å². The molecule has 21 heavy (non-hydrogen) atoms. The van der Waals surface area contributed by atoms with E-state index in [4.69, 9.17) is 4.74 Å². The summed E-state index contributed by atoms with van der Waals surface area (Å²) >= 11 is 0. The van der Waals surface area contributed by atoms with E-state index in [1.165, 1.54) is 12.1 Å². The zero-order chi connectivity index (χ0) is 14.9. The molecule has 0 bridgehead atoms. The van der Waals surface area contributed by atoms with Crippen LogP contribution >= 0.6 is 0 Å². The largest absolute Gasteiger partial charge is 0.487 e. The lowest BCUT2D eigenvalue weighted by Gasteiger charge is -2.18. The molecule has 1 unspecified atom stereocenters. The van der Waals surface area contributed by atoms with E-state index in [1.807, 2.05) is 0 Å². The van der Waals surface area contributed by atoms with E-state index in [0.29, 0.717) is 12.2 Å². The fourth-order valence-corrected chi connectivity index (χ4v) is 2.60. The van der Waals surface area contributed by atoms with E-state index >= 15 is 0 Å².